The van der Waals surface area contributed by atoms with Gasteiger partial charge in [-0.05, 0) is 37.5 Å². The number of amides is 2. The lowest BCUT2D eigenvalue weighted by atomic mass is 9.97. The second kappa shape index (κ2) is 12.2. The number of rotatable bonds is 10. The maximum absolute atomic E-state index is 13.6. The van der Waals surface area contributed by atoms with Crippen LogP contribution in [0, 0.1) is 0 Å². The highest BCUT2D eigenvalue weighted by Gasteiger charge is 2.48. The summed E-state index contributed by atoms with van der Waals surface area (Å²) in [5.41, 5.74) is 0.687. The molecule has 2 fully saturated rings. The molecule has 1 aromatic rings. The van der Waals surface area contributed by atoms with Gasteiger partial charge in [-0.1, -0.05) is 50.6 Å². The molecule has 0 spiro atoms. The monoisotopic (exact) mass is 524 g/mol. The molecule has 0 aromatic heterocycles. The highest BCUT2D eigenvalue weighted by molar-refractivity contribution is 6.31. The molecule has 0 aliphatic carbocycles. The Morgan fingerprint density at radius 3 is 2.61 bits per heavy atom. The quantitative estimate of drug-likeness (QED) is 0.402. The molecule has 3 N–H and O–H groups in total. The fourth-order valence-electron chi connectivity index (χ4n) is 5.37. The normalized spacial score (nSPS) is 30.4. The van der Waals surface area contributed by atoms with Crippen LogP contribution in [0.25, 0.3) is 0 Å². The molecule has 6 atom stereocenters. The number of nitrogens with zero attached hydrogens (tertiary/aromatic N) is 2. The molecule has 0 bridgehead atoms. The van der Waals surface area contributed by atoms with Crippen molar-refractivity contribution in [2.75, 3.05) is 24.6 Å². The molecule has 3 aliphatic rings. The Morgan fingerprint density at radius 1 is 1.08 bits per heavy atom. The van der Waals surface area contributed by atoms with E-state index in [9.17, 15) is 24.9 Å². The van der Waals surface area contributed by atoms with E-state index >= 15 is 0 Å². The van der Waals surface area contributed by atoms with Gasteiger partial charge in [0.05, 0.1) is 17.8 Å². The highest BCUT2D eigenvalue weighted by Crippen LogP contribution is 2.35. The first kappa shape index (κ1) is 27.3. The molecule has 0 radical (unpaired) electrons. The van der Waals surface area contributed by atoms with Gasteiger partial charge in [0.15, 0.2) is 6.29 Å². The number of benzene rings is 1. The summed E-state index contributed by atoms with van der Waals surface area (Å²) in [4.78, 5) is 29.8. The van der Waals surface area contributed by atoms with Crippen LogP contribution in [0.4, 0.5) is 5.69 Å². The average Bonchev–Trinajstić information content (AvgIpc) is 3.33. The fourth-order valence-corrected chi connectivity index (χ4v) is 5.54. The van der Waals surface area contributed by atoms with Gasteiger partial charge >= 0.3 is 0 Å². The third-order valence-corrected chi connectivity index (χ3v) is 7.61. The molecule has 1 aromatic carbocycles. The largest absolute Gasteiger partial charge is 0.388 e. The van der Waals surface area contributed by atoms with E-state index in [1.54, 1.807) is 23.1 Å². The summed E-state index contributed by atoms with van der Waals surface area (Å²) in [7, 11) is 0. The zero-order chi connectivity index (χ0) is 25.8. The topological polar surface area (TPSA) is 120 Å². The van der Waals surface area contributed by atoms with Crippen LogP contribution in [0.2, 0.25) is 5.02 Å². The van der Waals surface area contributed by atoms with Crippen molar-refractivity contribution in [3.8, 4) is 0 Å². The third-order valence-electron chi connectivity index (χ3n) is 7.38. The van der Waals surface area contributed by atoms with Crippen LogP contribution in [-0.2, 0) is 14.3 Å². The van der Waals surface area contributed by atoms with Crippen molar-refractivity contribution in [1.29, 1.82) is 0 Å². The summed E-state index contributed by atoms with van der Waals surface area (Å²) in [6, 6.07) is 4.15. The number of carbonyl (C=O) groups excluding carboxylic acids is 2. The van der Waals surface area contributed by atoms with Gasteiger partial charge in [-0.2, -0.15) is 0 Å². The molecule has 3 aliphatic heterocycles. The zero-order valence-corrected chi connectivity index (χ0v) is 21.5. The van der Waals surface area contributed by atoms with Crippen molar-refractivity contribution >= 4 is 29.1 Å². The fraction of sp³-hybridized carbons (Fsp3) is 0.692. The van der Waals surface area contributed by atoms with Gasteiger partial charge in [-0.3, -0.25) is 9.59 Å². The van der Waals surface area contributed by atoms with Crippen molar-refractivity contribution in [2.45, 2.75) is 95.0 Å². The van der Waals surface area contributed by atoms with E-state index in [0.29, 0.717) is 42.3 Å². The molecule has 2 saturated heterocycles. The summed E-state index contributed by atoms with van der Waals surface area (Å²) in [5.74, 6) is -0.533. The van der Waals surface area contributed by atoms with Gasteiger partial charge in [-0.25, -0.2) is 0 Å². The van der Waals surface area contributed by atoms with Crippen molar-refractivity contribution in [3.05, 3.63) is 28.8 Å². The summed E-state index contributed by atoms with van der Waals surface area (Å²) in [5, 5.41) is 32.2. The molecule has 200 valence electrons. The van der Waals surface area contributed by atoms with Crippen molar-refractivity contribution in [1.82, 2.24) is 4.90 Å². The van der Waals surface area contributed by atoms with Crippen LogP contribution in [0.3, 0.4) is 0 Å². The molecule has 36 heavy (non-hydrogen) atoms. The number of anilines is 1. The first-order valence-electron chi connectivity index (χ1n) is 13.1. The maximum atomic E-state index is 13.6. The van der Waals surface area contributed by atoms with Gasteiger partial charge in [0, 0.05) is 18.2 Å². The Bertz CT molecular complexity index is 932. The maximum Gasteiger partial charge on any atom is 0.256 e. The number of unbranched alkanes of at least 4 members (excludes halogenated alkanes) is 5. The SMILES string of the molecule is CCCCCCCCO[C@@H]1[C@@H](O)[C@@H](O)O[C@H](CN2C(=O)C3CCCN3C(=O)c3cc(Cl)ccc32)[C@H]1O. The number of aliphatic hydroxyl groups excluding tert-OH is 3. The second-order valence-corrected chi connectivity index (χ2v) is 10.4. The number of halogens is 1. The smallest absolute Gasteiger partial charge is 0.256 e. The predicted molar refractivity (Wildman–Crippen MR) is 134 cm³/mol. The molecule has 9 nitrogen and oxygen atoms in total. The van der Waals surface area contributed by atoms with Crippen LogP contribution < -0.4 is 4.90 Å². The molecule has 4 rings (SSSR count). The van der Waals surface area contributed by atoms with Crippen LogP contribution in [0.5, 0.6) is 0 Å². The van der Waals surface area contributed by atoms with Gasteiger partial charge in [0.25, 0.3) is 5.91 Å². The number of carbonyl (C=O) groups is 2. The average molecular weight is 525 g/mol. The van der Waals surface area contributed by atoms with Gasteiger partial charge < -0.3 is 34.6 Å². The van der Waals surface area contributed by atoms with E-state index in [1.807, 2.05) is 0 Å². The minimum Gasteiger partial charge on any atom is -0.388 e. The van der Waals surface area contributed by atoms with Crippen LogP contribution in [-0.4, -0.2) is 88.5 Å². The van der Waals surface area contributed by atoms with Gasteiger partial charge in [0.1, 0.15) is 30.5 Å². The summed E-state index contributed by atoms with van der Waals surface area (Å²) >= 11 is 6.17. The Labute approximate surface area is 216 Å². The molecular weight excluding hydrogens is 488 g/mol. The van der Waals surface area contributed by atoms with Gasteiger partial charge in [-0.15, -0.1) is 0 Å². The van der Waals surface area contributed by atoms with Crippen molar-refractivity contribution in [2.24, 2.45) is 0 Å². The van der Waals surface area contributed by atoms with E-state index in [4.69, 9.17) is 21.1 Å². The van der Waals surface area contributed by atoms with E-state index in [0.717, 1.165) is 25.7 Å². The number of fused-ring (bicyclic) bond motifs is 2. The zero-order valence-electron chi connectivity index (χ0n) is 20.7. The first-order chi connectivity index (χ1) is 17.3. The number of ether oxygens (including phenoxy) is 2. The molecular formula is C26H37ClN2O7. The number of hydrogen-bond donors (Lipinski definition) is 3. The third kappa shape index (κ3) is 5.71. The molecule has 2 amide bonds. The Hall–Kier alpha value is -1.75. The second-order valence-electron chi connectivity index (χ2n) is 9.92. The Morgan fingerprint density at radius 2 is 1.83 bits per heavy atom. The first-order valence-corrected chi connectivity index (χ1v) is 13.4. The highest BCUT2D eigenvalue weighted by atomic mass is 35.5. The lowest BCUT2D eigenvalue weighted by Gasteiger charge is -2.42. The summed E-state index contributed by atoms with van der Waals surface area (Å²) < 4.78 is 11.3. The van der Waals surface area contributed by atoms with E-state index in [1.165, 1.54) is 17.7 Å². The lowest BCUT2D eigenvalue weighted by Crippen LogP contribution is -2.61. The minimum absolute atomic E-state index is 0.118. The van der Waals surface area contributed by atoms with E-state index < -0.39 is 36.7 Å². The standard InChI is InChI=1S/C26H37ClN2O7/c1-2-3-4-5-6-7-13-35-23-21(30)20(36-26(34)22(23)31)15-29-18-11-10-16(27)14-17(18)24(32)28-12-8-9-19(28)25(29)33/h10-11,14,19-23,26,30-31,34H,2-9,12-13,15H2,1H3/t19?,20-,21-,22-,23+,26+/m1/s1. The lowest BCUT2D eigenvalue weighted by molar-refractivity contribution is -0.287. The number of hydrogen-bond acceptors (Lipinski definition) is 7. The van der Waals surface area contributed by atoms with Crippen molar-refractivity contribution < 1.29 is 34.4 Å². The van der Waals surface area contributed by atoms with E-state index in [-0.39, 0.29) is 18.4 Å². The Kier molecular flexibility index (Phi) is 9.24. The molecule has 10 heteroatoms. The van der Waals surface area contributed by atoms with Crippen molar-refractivity contribution in [3.63, 3.8) is 0 Å². The Balaban J connectivity index is 1.49. The van der Waals surface area contributed by atoms with Gasteiger partial charge in [0.2, 0.25) is 5.91 Å². The van der Waals surface area contributed by atoms with Crippen LogP contribution >= 0.6 is 11.6 Å². The summed E-state index contributed by atoms with van der Waals surface area (Å²) in [6.45, 7) is 2.86. The van der Waals surface area contributed by atoms with Crippen LogP contribution in [0.1, 0.15) is 68.6 Å². The predicted octanol–water partition coefficient (Wildman–Crippen LogP) is 2.48. The molecule has 3 heterocycles. The van der Waals surface area contributed by atoms with E-state index in [2.05, 4.69) is 6.92 Å². The number of aliphatic hydroxyl groups is 3. The minimum atomic E-state index is -1.58. The molecule has 0 saturated carbocycles. The summed E-state index contributed by atoms with van der Waals surface area (Å²) in [6.07, 6.45) is 1.25. The molecule has 1 unspecified atom stereocenters. The van der Waals surface area contributed by atoms with Crippen LogP contribution in [0.15, 0.2) is 18.2 Å².